The summed E-state index contributed by atoms with van der Waals surface area (Å²) in [5.74, 6) is -1.60. The fourth-order valence-electron chi connectivity index (χ4n) is 2.69. The summed E-state index contributed by atoms with van der Waals surface area (Å²) < 4.78 is 52.5. The molecule has 0 aliphatic rings. The fraction of sp³-hybridized carbons (Fsp3) is 0.500. The van der Waals surface area contributed by atoms with Crippen molar-refractivity contribution in [1.29, 1.82) is 0 Å². The maximum absolute atomic E-state index is 12.7. The van der Waals surface area contributed by atoms with Crippen LogP contribution in [0.4, 0.5) is 8.78 Å². The Morgan fingerprint density at radius 1 is 1.12 bits per heavy atom. The van der Waals surface area contributed by atoms with E-state index in [2.05, 4.69) is 15.3 Å². The van der Waals surface area contributed by atoms with Gasteiger partial charge in [0.15, 0.2) is 5.03 Å². The average molecular weight is 489 g/mol. The van der Waals surface area contributed by atoms with Crippen LogP contribution in [0.2, 0.25) is 0 Å². The van der Waals surface area contributed by atoms with Crippen molar-refractivity contribution in [2.45, 2.75) is 64.5 Å². The number of halogens is 2. The van der Waals surface area contributed by atoms with Crippen LogP contribution in [0.5, 0.6) is 0 Å². The van der Waals surface area contributed by atoms with Crippen LogP contribution in [-0.4, -0.2) is 42.2 Å². The SMILES string of the molecule is CC(C)(C)Cc1ncc(C(=O)NS(=O)(=O)c2cc(C(=O)NC(C)(C)CC(F)F)ccn2)s1. The Morgan fingerprint density at radius 3 is 2.38 bits per heavy atom. The molecule has 2 rings (SSSR count). The fourth-order valence-corrected chi connectivity index (χ4v) is 4.81. The third kappa shape index (κ3) is 7.59. The number of amides is 2. The van der Waals surface area contributed by atoms with Gasteiger partial charge in [0, 0.05) is 30.1 Å². The first-order valence-electron chi connectivity index (χ1n) is 9.67. The Balaban J connectivity index is 2.16. The molecule has 2 aromatic rings. The number of carbonyl (C=O) groups excluding carboxylic acids is 2. The monoisotopic (exact) mass is 488 g/mol. The second-order valence-electron chi connectivity index (χ2n) is 9.11. The summed E-state index contributed by atoms with van der Waals surface area (Å²) in [7, 11) is -4.38. The number of nitrogens with zero attached hydrogens (tertiary/aromatic N) is 2. The van der Waals surface area contributed by atoms with E-state index >= 15 is 0 Å². The molecule has 0 saturated heterocycles. The van der Waals surface area contributed by atoms with Crippen LogP contribution in [0.15, 0.2) is 29.6 Å². The van der Waals surface area contributed by atoms with Gasteiger partial charge in [0.2, 0.25) is 6.43 Å². The normalized spacial score (nSPS) is 12.6. The molecule has 2 amide bonds. The van der Waals surface area contributed by atoms with Crippen LogP contribution < -0.4 is 10.0 Å². The van der Waals surface area contributed by atoms with Gasteiger partial charge in [0.1, 0.15) is 4.88 Å². The summed E-state index contributed by atoms with van der Waals surface area (Å²) in [4.78, 5) is 32.8. The van der Waals surface area contributed by atoms with Crippen molar-refractivity contribution < 1.29 is 26.8 Å². The summed E-state index contributed by atoms with van der Waals surface area (Å²) in [5, 5.41) is 2.58. The zero-order chi connectivity index (χ0) is 24.3. The molecule has 12 heteroatoms. The summed E-state index contributed by atoms with van der Waals surface area (Å²) in [6.07, 6.45) is -0.180. The average Bonchev–Trinajstić information content (AvgIpc) is 3.06. The quantitative estimate of drug-likeness (QED) is 0.588. The number of nitrogens with one attached hydrogen (secondary N) is 2. The van der Waals surface area contributed by atoms with E-state index in [1.54, 1.807) is 0 Å². The Morgan fingerprint density at radius 2 is 1.78 bits per heavy atom. The van der Waals surface area contributed by atoms with Crippen LogP contribution in [0.25, 0.3) is 0 Å². The Kier molecular flexibility index (Phi) is 7.71. The van der Waals surface area contributed by atoms with E-state index in [1.165, 1.54) is 26.1 Å². The molecule has 8 nitrogen and oxygen atoms in total. The van der Waals surface area contributed by atoms with Crippen LogP contribution >= 0.6 is 11.3 Å². The standard InChI is InChI=1S/C20H26F2N4O4S2/c1-19(2,3)10-15-24-11-13(31-15)18(28)26-32(29,30)16-8-12(6-7-23-16)17(27)25-20(4,5)9-14(21)22/h6-8,11,14H,9-10H2,1-5H3,(H,25,27)(H,26,28). The van der Waals surface area contributed by atoms with E-state index < -0.39 is 45.2 Å². The van der Waals surface area contributed by atoms with Crippen LogP contribution in [0, 0.1) is 5.41 Å². The molecule has 0 atom stereocenters. The summed E-state index contributed by atoms with van der Waals surface area (Å²) in [6.45, 7) is 8.91. The molecular weight excluding hydrogens is 462 g/mol. The van der Waals surface area contributed by atoms with Crippen molar-refractivity contribution in [2.24, 2.45) is 5.41 Å². The van der Waals surface area contributed by atoms with Crippen molar-refractivity contribution in [1.82, 2.24) is 20.0 Å². The number of hydrogen-bond acceptors (Lipinski definition) is 7. The van der Waals surface area contributed by atoms with E-state index in [9.17, 15) is 26.8 Å². The third-order valence-electron chi connectivity index (χ3n) is 4.07. The number of aromatic nitrogens is 2. The first-order chi connectivity index (χ1) is 14.6. The highest BCUT2D eigenvalue weighted by atomic mass is 32.2. The topological polar surface area (TPSA) is 118 Å². The van der Waals surface area contributed by atoms with E-state index in [-0.39, 0.29) is 15.9 Å². The molecular formula is C20H26F2N4O4S2. The maximum atomic E-state index is 12.7. The number of thiazole rings is 1. The van der Waals surface area contributed by atoms with Crippen LogP contribution in [0.1, 0.15) is 66.1 Å². The highest BCUT2D eigenvalue weighted by molar-refractivity contribution is 7.90. The lowest BCUT2D eigenvalue weighted by Crippen LogP contribution is -2.44. The lowest BCUT2D eigenvalue weighted by molar-refractivity contribution is 0.0799. The van der Waals surface area contributed by atoms with E-state index in [0.29, 0.717) is 11.4 Å². The minimum atomic E-state index is -4.38. The molecule has 0 fully saturated rings. The van der Waals surface area contributed by atoms with Crippen molar-refractivity contribution in [3.63, 3.8) is 0 Å². The van der Waals surface area contributed by atoms with Gasteiger partial charge in [-0.1, -0.05) is 20.8 Å². The number of rotatable bonds is 8. The van der Waals surface area contributed by atoms with Gasteiger partial charge >= 0.3 is 0 Å². The smallest absolute Gasteiger partial charge is 0.281 e. The predicted molar refractivity (Wildman–Crippen MR) is 116 cm³/mol. The number of hydrogen-bond donors (Lipinski definition) is 2. The van der Waals surface area contributed by atoms with Gasteiger partial charge in [-0.3, -0.25) is 9.59 Å². The first-order valence-corrected chi connectivity index (χ1v) is 12.0. The van der Waals surface area contributed by atoms with Gasteiger partial charge in [0.05, 0.1) is 11.2 Å². The summed E-state index contributed by atoms with van der Waals surface area (Å²) in [5.41, 5.74) is -1.36. The molecule has 0 saturated carbocycles. The Hall–Kier alpha value is -2.47. The molecule has 176 valence electrons. The maximum Gasteiger partial charge on any atom is 0.281 e. The molecule has 0 spiro atoms. The van der Waals surface area contributed by atoms with E-state index in [1.807, 2.05) is 25.5 Å². The molecule has 2 N–H and O–H groups in total. The molecule has 2 aromatic heterocycles. The molecule has 0 aliphatic carbocycles. The highest BCUT2D eigenvalue weighted by Crippen LogP contribution is 2.24. The van der Waals surface area contributed by atoms with Crippen LogP contribution in [0.3, 0.4) is 0 Å². The molecule has 2 heterocycles. The first kappa shape index (κ1) is 25.8. The second-order valence-corrected chi connectivity index (χ2v) is 11.9. The Labute approximate surface area is 189 Å². The van der Waals surface area contributed by atoms with Crippen molar-refractivity contribution in [3.05, 3.63) is 40.0 Å². The highest BCUT2D eigenvalue weighted by Gasteiger charge is 2.27. The summed E-state index contributed by atoms with van der Waals surface area (Å²) >= 11 is 1.09. The van der Waals surface area contributed by atoms with Gasteiger partial charge < -0.3 is 5.32 Å². The molecule has 0 radical (unpaired) electrons. The predicted octanol–water partition coefficient (Wildman–Crippen LogP) is 3.41. The minimum Gasteiger partial charge on any atom is -0.347 e. The van der Waals surface area contributed by atoms with Gasteiger partial charge in [-0.2, -0.15) is 8.42 Å². The second kappa shape index (κ2) is 9.57. The lowest BCUT2D eigenvalue weighted by atomic mass is 9.93. The molecule has 0 bridgehead atoms. The number of sulfonamides is 1. The zero-order valence-corrected chi connectivity index (χ0v) is 20.0. The van der Waals surface area contributed by atoms with E-state index in [4.69, 9.17) is 0 Å². The Bertz CT molecular complexity index is 1090. The van der Waals surface area contributed by atoms with Gasteiger partial charge in [-0.25, -0.2) is 23.5 Å². The molecule has 0 aromatic carbocycles. The minimum absolute atomic E-state index is 0.0491. The number of carbonyl (C=O) groups is 2. The van der Waals surface area contributed by atoms with Crippen molar-refractivity contribution in [3.8, 4) is 0 Å². The molecule has 0 unspecified atom stereocenters. The number of alkyl halides is 2. The van der Waals surface area contributed by atoms with E-state index in [0.717, 1.165) is 23.6 Å². The van der Waals surface area contributed by atoms with Gasteiger partial charge in [0.25, 0.3) is 21.8 Å². The largest absolute Gasteiger partial charge is 0.347 e. The molecule has 32 heavy (non-hydrogen) atoms. The molecule has 0 aliphatic heterocycles. The van der Waals surface area contributed by atoms with Crippen LogP contribution in [-0.2, 0) is 16.4 Å². The van der Waals surface area contributed by atoms with Gasteiger partial charge in [-0.05, 0) is 31.4 Å². The van der Waals surface area contributed by atoms with Gasteiger partial charge in [-0.15, -0.1) is 11.3 Å². The third-order valence-corrected chi connectivity index (χ3v) is 6.30. The number of pyridine rings is 1. The zero-order valence-electron chi connectivity index (χ0n) is 18.4. The van der Waals surface area contributed by atoms with Crippen molar-refractivity contribution in [2.75, 3.05) is 0 Å². The lowest BCUT2D eigenvalue weighted by Gasteiger charge is -2.25. The van der Waals surface area contributed by atoms with Crippen molar-refractivity contribution >= 4 is 33.2 Å². The summed E-state index contributed by atoms with van der Waals surface area (Å²) in [6, 6.07) is 2.22.